The van der Waals surface area contributed by atoms with Gasteiger partial charge in [-0.2, -0.15) is 5.26 Å². The van der Waals surface area contributed by atoms with Crippen LogP contribution in [0.25, 0.3) is 0 Å². The summed E-state index contributed by atoms with van der Waals surface area (Å²) in [5.74, 6) is -0.387. The van der Waals surface area contributed by atoms with E-state index in [2.05, 4.69) is 6.07 Å². The van der Waals surface area contributed by atoms with Gasteiger partial charge in [-0.3, -0.25) is 0 Å². The van der Waals surface area contributed by atoms with Crippen LogP contribution in [0.1, 0.15) is 41.7 Å². The van der Waals surface area contributed by atoms with Crippen LogP contribution in [0, 0.1) is 23.1 Å². The van der Waals surface area contributed by atoms with Crippen LogP contribution in [0.5, 0.6) is 0 Å². The van der Waals surface area contributed by atoms with Crippen molar-refractivity contribution in [1.82, 2.24) is 0 Å². The third-order valence-electron chi connectivity index (χ3n) is 4.17. The molecule has 0 spiro atoms. The van der Waals surface area contributed by atoms with Crippen molar-refractivity contribution >= 4 is 0 Å². The highest BCUT2D eigenvalue weighted by Crippen LogP contribution is 2.29. The molecule has 0 aliphatic heterocycles. The van der Waals surface area contributed by atoms with E-state index in [-0.39, 0.29) is 18.3 Å². The van der Waals surface area contributed by atoms with Gasteiger partial charge in [0.15, 0.2) is 0 Å². The fourth-order valence-electron chi connectivity index (χ4n) is 2.74. The van der Waals surface area contributed by atoms with Crippen LogP contribution in [0.15, 0.2) is 42.5 Å². The number of rotatable bonds is 6. The van der Waals surface area contributed by atoms with Gasteiger partial charge in [-0.15, -0.1) is 0 Å². The molecule has 2 aromatic rings. The maximum atomic E-state index is 13.0. The molecule has 2 N–H and O–H groups in total. The molecule has 0 fully saturated rings. The quantitative estimate of drug-likeness (QED) is 0.858. The van der Waals surface area contributed by atoms with E-state index in [1.54, 1.807) is 24.3 Å². The van der Waals surface area contributed by atoms with Gasteiger partial charge in [0.25, 0.3) is 0 Å². The summed E-state index contributed by atoms with van der Waals surface area (Å²) in [6, 6.07) is 13.1. The van der Waals surface area contributed by atoms with Crippen molar-refractivity contribution in [2.24, 2.45) is 5.92 Å². The topological polar surface area (TPSA) is 64.2 Å². The molecule has 0 aromatic heterocycles. The van der Waals surface area contributed by atoms with Gasteiger partial charge in [0.1, 0.15) is 5.82 Å². The van der Waals surface area contributed by atoms with E-state index in [0.717, 1.165) is 12.0 Å². The Morgan fingerprint density at radius 3 is 2.39 bits per heavy atom. The highest BCUT2D eigenvalue weighted by molar-refractivity contribution is 5.38. The number of benzene rings is 2. The van der Waals surface area contributed by atoms with Crippen molar-refractivity contribution in [3.8, 4) is 6.07 Å². The zero-order chi connectivity index (χ0) is 16.8. The van der Waals surface area contributed by atoms with Crippen LogP contribution in [-0.2, 0) is 13.0 Å². The lowest BCUT2D eigenvalue weighted by molar-refractivity contribution is 0.105. The lowest BCUT2D eigenvalue weighted by Crippen LogP contribution is -2.16. The van der Waals surface area contributed by atoms with Gasteiger partial charge in [0, 0.05) is 0 Å². The molecule has 120 valence electrons. The Morgan fingerprint density at radius 1 is 1.13 bits per heavy atom. The number of hydrogen-bond acceptors (Lipinski definition) is 3. The zero-order valence-electron chi connectivity index (χ0n) is 13.0. The highest BCUT2D eigenvalue weighted by Gasteiger charge is 2.21. The minimum absolute atomic E-state index is 0.0568. The van der Waals surface area contributed by atoms with Gasteiger partial charge >= 0.3 is 0 Å². The molecule has 0 bridgehead atoms. The van der Waals surface area contributed by atoms with Crippen molar-refractivity contribution in [1.29, 1.82) is 5.26 Å². The summed E-state index contributed by atoms with van der Waals surface area (Å²) in [7, 11) is 0. The summed E-state index contributed by atoms with van der Waals surface area (Å²) in [5, 5.41) is 29.0. The third kappa shape index (κ3) is 4.16. The molecule has 2 atom stereocenters. The maximum Gasteiger partial charge on any atom is 0.123 e. The lowest BCUT2D eigenvalue weighted by atomic mass is 9.86. The van der Waals surface area contributed by atoms with Gasteiger partial charge < -0.3 is 10.2 Å². The number of halogens is 1. The molecule has 0 heterocycles. The molecule has 0 radical (unpaired) electrons. The number of aliphatic hydroxyl groups is 2. The molecule has 0 amide bonds. The molecule has 4 heteroatoms. The first-order valence-electron chi connectivity index (χ1n) is 7.65. The second-order valence-electron chi connectivity index (χ2n) is 5.62. The van der Waals surface area contributed by atoms with E-state index in [0.29, 0.717) is 23.1 Å². The first kappa shape index (κ1) is 17.1. The summed E-state index contributed by atoms with van der Waals surface area (Å²) >= 11 is 0. The fourth-order valence-corrected chi connectivity index (χ4v) is 2.74. The van der Waals surface area contributed by atoms with Gasteiger partial charge in [-0.05, 0) is 53.3 Å². The second-order valence-corrected chi connectivity index (χ2v) is 5.62. The van der Waals surface area contributed by atoms with Crippen molar-refractivity contribution in [2.45, 2.75) is 32.5 Å². The predicted octanol–water partition coefficient (Wildman–Crippen LogP) is 3.49. The van der Waals surface area contributed by atoms with E-state index in [1.165, 1.54) is 12.1 Å². The van der Waals surface area contributed by atoms with E-state index in [9.17, 15) is 14.6 Å². The Hall–Kier alpha value is -2.22. The normalized spacial score (nSPS) is 13.3. The Morgan fingerprint density at radius 2 is 1.83 bits per heavy atom. The molecule has 0 aliphatic rings. The molecule has 3 nitrogen and oxygen atoms in total. The highest BCUT2D eigenvalue weighted by atomic mass is 19.1. The molecule has 2 rings (SSSR count). The van der Waals surface area contributed by atoms with Crippen molar-refractivity contribution in [3.05, 3.63) is 70.5 Å². The van der Waals surface area contributed by atoms with Gasteiger partial charge in [0.05, 0.1) is 24.3 Å². The molecule has 0 saturated carbocycles. The smallest absolute Gasteiger partial charge is 0.123 e. The van der Waals surface area contributed by atoms with Gasteiger partial charge in [-0.25, -0.2) is 4.39 Å². The molecule has 2 aromatic carbocycles. The average Bonchev–Trinajstić information content (AvgIpc) is 2.59. The largest absolute Gasteiger partial charge is 0.392 e. The SMILES string of the molecule is CCC(Cc1ccc(C#N)cc1CO)C(O)c1ccc(F)cc1. The monoisotopic (exact) mass is 313 g/mol. The summed E-state index contributed by atoms with van der Waals surface area (Å²) < 4.78 is 13.0. The van der Waals surface area contributed by atoms with Crippen LogP contribution >= 0.6 is 0 Å². The first-order valence-corrected chi connectivity index (χ1v) is 7.65. The molecule has 0 aliphatic carbocycles. The van der Waals surface area contributed by atoms with Crippen LogP contribution < -0.4 is 0 Å². The number of nitrogens with zero attached hydrogens (tertiary/aromatic N) is 1. The lowest BCUT2D eigenvalue weighted by Gasteiger charge is -2.23. The molecular formula is C19H20FNO2. The summed E-state index contributed by atoms with van der Waals surface area (Å²) in [5.41, 5.74) is 2.80. The number of aliphatic hydroxyl groups excluding tert-OH is 2. The van der Waals surface area contributed by atoms with E-state index in [1.807, 2.05) is 13.0 Å². The minimum atomic E-state index is -0.706. The minimum Gasteiger partial charge on any atom is -0.392 e. The van der Waals surface area contributed by atoms with Gasteiger partial charge in [-0.1, -0.05) is 31.5 Å². The molecular weight excluding hydrogens is 293 g/mol. The second kappa shape index (κ2) is 7.87. The van der Waals surface area contributed by atoms with Crippen LogP contribution in [0.2, 0.25) is 0 Å². The Kier molecular flexibility index (Phi) is 5.86. The summed E-state index contributed by atoms with van der Waals surface area (Å²) in [4.78, 5) is 0. The van der Waals surface area contributed by atoms with E-state index < -0.39 is 6.10 Å². The molecule has 0 saturated heterocycles. The third-order valence-corrected chi connectivity index (χ3v) is 4.17. The summed E-state index contributed by atoms with van der Waals surface area (Å²) in [6.07, 6.45) is 0.614. The Balaban J connectivity index is 2.22. The maximum absolute atomic E-state index is 13.0. The number of hydrogen-bond donors (Lipinski definition) is 2. The molecule has 23 heavy (non-hydrogen) atoms. The summed E-state index contributed by atoms with van der Waals surface area (Å²) in [6.45, 7) is 1.84. The first-order chi connectivity index (χ1) is 11.1. The zero-order valence-corrected chi connectivity index (χ0v) is 13.0. The Labute approximate surface area is 135 Å². The van der Waals surface area contributed by atoms with Crippen LogP contribution in [0.3, 0.4) is 0 Å². The van der Waals surface area contributed by atoms with Crippen molar-refractivity contribution in [3.63, 3.8) is 0 Å². The van der Waals surface area contributed by atoms with Crippen molar-refractivity contribution < 1.29 is 14.6 Å². The predicted molar refractivity (Wildman–Crippen MR) is 85.9 cm³/mol. The van der Waals surface area contributed by atoms with Gasteiger partial charge in [0.2, 0.25) is 0 Å². The molecule has 2 unspecified atom stereocenters. The average molecular weight is 313 g/mol. The Bertz CT molecular complexity index is 692. The van der Waals surface area contributed by atoms with E-state index in [4.69, 9.17) is 5.26 Å². The van der Waals surface area contributed by atoms with Crippen LogP contribution in [-0.4, -0.2) is 10.2 Å². The van der Waals surface area contributed by atoms with Crippen LogP contribution in [0.4, 0.5) is 4.39 Å². The number of nitriles is 1. The van der Waals surface area contributed by atoms with E-state index >= 15 is 0 Å². The van der Waals surface area contributed by atoms with Crippen molar-refractivity contribution in [2.75, 3.05) is 0 Å². The fraction of sp³-hybridized carbons (Fsp3) is 0.316. The standard InChI is InChI=1S/C19H20FNO2/c1-2-14(19(23)15-5-7-18(20)8-6-15)10-16-4-3-13(11-21)9-17(16)12-22/h3-9,14,19,22-23H,2,10,12H2,1H3.